The van der Waals surface area contributed by atoms with Crippen molar-refractivity contribution in [3.05, 3.63) is 53.3 Å². The van der Waals surface area contributed by atoms with E-state index in [0.717, 1.165) is 24.5 Å². The molecule has 0 unspecified atom stereocenters. The van der Waals surface area contributed by atoms with Crippen molar-refractivity contribution < 1.29 is 23.9 Å². The van der Waals surface area contributed by atoms with Crippen molar-refractivity contribution in [1.29, 1.82) is 5.41 Å². The zero-order valence-corrected chi connectivity index (χ0v) is 25.5. The van der Waals surface area contributed by atoms with Crippen molar-refractivity contribution in [3.8, 4) is 11.3 Å². The maximum atomic E-state index is 13.4. The van der Waals surface area contributed by atoms with Crippen molar-refractivity contribution in [3.63, 3.8) is 0 Å². The first-order valence-electron chi connectivity index (χ1n) is 13.4. The number of amides is 2. The summed E-state index contributed by atoms with van der Waals surface area (Å²) in [4.78, 5) is 36.9. The summed E-state index contributed by atoms with van der Waals surface area (Å²) in [5.74, 6) is -0.486. The number of halogens is 2. The highest BCUT2D eigenvalue weighted by molar-refractivity contribution is 6.15. The lowest BCUT2D eigenvalue weighted by Crippen LogP contribution is -2.53. The summed E-state index contributed by atoms with van der Waals surface area (Å²) in [6.07, 6.45) is 8.22. The molecule has 41 heavy (non-hydrogen) atoms. The minimum absolute atomic E-state index is 0.0142. The van der Waals surface area contributed by atoms with E-state index in [2.05, 4.69) is 22.0 Å². The normalized spacial score (nSPS) is 16.0. The minimum Gasteiger partial charge on any atom is -0.400 e. The molecule has 1 fully saturated rings. The average Bonchev–Trinajstić information content (AvgIpc) is 2.93. The molecule has 1 saturated carbocycles. The van der Waals surface area contributed by atoms with Crippen LogP contribution >= 0.6 is 11.6 Å². The smallest absolute Gasteiger partial charge is 0.225 e. The number of benzene rings is 1. The molecule has 1 aliphatic carbocycles. The van der Waals surface area contributed by atoms with Gasteiger partial charge in [0.25, 0.3) is 0 Å². The highest BCUT2D eigenvalue weighted by atomic mass is 35.5. The largest absolute Gasteiger partial charge is 0.400 e. The first-order chi connectivity index (χ1) is 19.5. The fraction of sp³-hybridized carbons (Fsp3) is 0.500. The van der Waals surface area contributed by atoms with E-state index in [0.29, 0.717) is 44.5 Å². The fourth-order valence-electron chi connectivity index (χ4n) is 4.44. The summed E-state index contributed by atoms with van der Waals surface area (Å²) in [6.45, 7) is 8.48. The number of aromatic nitrogens is 2. The predicted molar refractivity (Wildman–Crippen MR) is 160 cm³/mol. The highest BCUT2D eigenvalue weighted by Crippen LogP contribution is 2.34. The maximum Gasteiger partial charge on any atom is 0.225 e. The molecule has 3 N–H and O–H groups in total. The Morgan fingerprint density at radius 1 is 1.24 bits per heavy atom. The van der Waals surface area contributed by atoms with E-state index < -0.39 is 5.54 Å². The second kappa shape index (κ2) is 17.4. The van der Waals surface area contributed by atoms with Gasteiger partial charge in [0.1, 0.15) is 17.6 Å². The number of hydrogen-bond acceptors (Lipinski definition) is 6. The van der Waals surface area contributed by atoms with Gasteiger partial charge in [-0.2, -0.15) is 5.10 Å². The maximum absolute atomic E-state index is 13.4. The van der Waals surface area contributed by atoms with Gasteiger partial charge in [0.2, 0.25) is 12.3 Å². The number of hydrogen-bond donors (Lipinski definition) is 3. The number of carbonyl (C=O) groups is 3. The summed E-state index contributed by atoms with van der Waals surface area (Å²) >= 11 is 4.64. The van der Waals surface area contributed by atoms with Gasteiger partial charge < -0.3 is 20.1 Å². The van der Waals surface area contributed by atoms with Crippen LogP contribution in [-0.2, 0) is 14.4 Å². The van der Waals surface area contributed by atoms with Crippen molar-refractivity contribution in [2.75, 3.05) is 26.6 Å². The van der Waals surface area contributed by atoms with Gasteiger partial charge in [-0.05, 0) is 69.4 Å². The molecule has 3 rings (SSSR count). The molecule has 0 aliphatic heterocycles. The van der Waals surface area contributed by atoms with Gasteiger partial charge in [-0.15, -0.1) is 11.6 Å². The number of nitrogens with zero attached hydrogens (tertiary/aromatic N) is 3. The zero-order chi connectivity index (χ0) is 31.2. The standard InChI is InChI=1S/C28H36FN5O3.CH3Cl.CH4O/c1-19(2)24-15-25(21-7-9-23(29)10-8-21)32-34(26(24)30)12-6-5-11-33(17-28(3,4)31-18-36)27(37)22-13-20(14-22)16-35;2*1-2/h6-10,12,15-16,18-20,22,30H,5,11,13-14,17H2,1-4H3,(H,31,36);1H3;2H,1H3/b12-6+,30-26?;;. The van der Waals surface area contributed by atoms with Gasteiger partial charge in [0, 0.05) is 55.7 Å². The molecule has 9 nitrogen and oxygen atoms in total. The van der Waals surface area contributed by atoms with Crippen LogP contribution in [0.2, 0.25) is 0 Å². The summed E-state index contributed by atoms with van der Waals surface area (Å²) in [5.41, 5.74) is 1.86. The summed E-state index contributed by atoms with van der Waals surface area (Å²) in [6, 6.07) is 7.94. The minimum atomic E-state index is -0.602. The van der Waals surface area contributed by atoms with Crippen LogP contribution in [-0.4, -0.2) is 70.5 Å². The molecule has 0 bridgehead atoms. The van der Waals surface area contributed by atoms with Crippen LogP contribution in [0.25, 0.3) is 17.5 Å². The summed E-state index contributed by atoms with van der Waals surface area (Å²) in [5, 5.41) is 22.9. The Kier molecular flexibility index (Phi) is 15.2. The van der Waals surface area contributed by atoms with E-state index in [1.54, 1.807) is 23.2 Å². The van der Waals surface area contributed by atoms with E-state index in [1.165, 1.54) is 23.2 Å². The summed E-state index contributed by atoms with van der Waals surface area (Å²) < 4.78 is 14.9. The van der Waals surface area contributed by atoms with Crippen LogP contribution in [0.1, 0.15) is 58.4 Å². The first-order valence-corrected chi connectivity index (χ1v) is 14.2. The average molecular weight is 592 g/mol. The highest BCUT2D eigenvalue weighted by Gasteiger charge is 2.37. The second-order valence-electron chi connectivity index (χ2n) is 10.6. The molecule has 0 spiro atoms. The molecular formula is C30H43ClFN5O4. The molecule has 226 valence electrons. The van der Waals surface area contributed by atoms with Crippen LogP contribution in [0, 0.1) is 23.1 Å². The van der Waals surface area contributed by atoms with Crippen LogP contribution in [0.5, 0.6) is 0 Å². The Bertz CT molecular complexity index is 1210. The van der Waals surface area contributed by atoms with Gasteiger partial charge in [-0.25, -0.2) is 9.07 Å². The van der Waals surface area contributed by atoms with Crippen molar-refractivity contribution >= 4 is 36.4 Å². The Labute approximate surface area is 246 Å². The third-order valence-electron chi connectivity index (χ3n) is 6.65. The summed E-state index contributed by atoms with van der Waals surface area (Å²) in [7, 11) is 1.00. The molecule has 2 aromatic rings. The van der Waals surface area contributed by atoms with Gasteiger partial charge in [0.05, 0.1) is 11.2 Å². The molecule has 0 atom stereocenters. The Balaban J connectivity index is 0.00000201. The lowest BCUT2D eigenvalue weighted by Gasteiger charge is -2.38. The van der Waals surface area contributed by atoms with E-state index in [-0.39, 0.29) is 35.0 Å². The van der Waals surface area contributed by atoms with E-state index in [1.807, 2.05) is 39.8 Å². The fourth-order valence-corrected chi connectivity index (χ4v) is 4.44. The molecule has 1 aliphatic rings. The molecule has 0 saturated heterocycles. The van der Waals surface area contributed by atoms with Gasteiger partial charge >= 0.3 is 0 Å². The Hall–Kier alpha value is -3.37. The molecule has 1 heterocycles. The number of nitrogens with one attached hydrogen (secondary N) is 2. The number of aliphatic hydroxyl groups excluding tert-OH is 1. The number of rotatable bonds is 12. The molecule has 1 aromatic heterocycles. The van der Waals surface area contributed by atoms with Gasteiger partial charge in [-0.3, -0.25) is 15.0 Å². The van der Waals surface area contributed by atoms with Crippen LogP contribution < -0.4 is 10.8 Å². The lowest BCUT2D eigenvalue weighted by atomic mass is 9.75. The van der Waals surface area contributed by atoms with Crippen LogP contribution in [0.4, 0.5) is 4.39 Å². The van der Waals surface area contributed by atoms with E-state index in [9.17, 15) is 18.8 Å². The first kappa shape index (κ1) is 35.7. The van der Waals surface area contributed by atoms with Gasteiger partial charge in [0.15, 0.2) is 0 Å². The van der Waals surface area contributed by atoms with Gasteiger partial charge in [-0.1, -0.05) is 19.9 Å². The number of carbonyl (C=O) groups excluding carboxylic acids is 3. The second-order valence-corrected chi connectivity index (χ2v) is 10.6. The molecule has 11 heteroatoms. The SMILES string of the molecule is CC(C)c1cc(-c2ccc(F)cc2)nn(/C=C/CCN(CC(C)(C)NC=O)C(=O)C2CC(C=O)C2)c1=N.CCl.CO. The number of aliphatic hydroxyl groups is 1. The third-order valence-corrected chi connectivity index (χ3v) is 6.65. The molecule has 2 amide bonds. The van der Waals surface area contributed by atoms with E-state index >= 15 is 0 Å². The Morgan fingerprint density at radius 2 is 1.85 bits per heavy atom. The van der Waals surface area contributed by atoms with Crippen molar-refractivity contribution in [1.82, 2.24) is 20.0 Å². The monoisotopic (exact) mass is 591 g/mol. The molecular weight excluding hydrogens is 549 g/mol. The van der Waals surface area contributed by atoms with E-state index in [4.69, 9.17) is 10.5 Å². The zero-order valence-electron chi connectivity index (χ0n) is 24.7. The molecule has 0 radical (unpaired) electrons. The Morgan fingerprint density at radius 3 is 2.39 bits per heavy atom. The third kappa shape index (κ3) is 10.5. The predicted octanol–water partition coefficient (Wildman–Crippen LogP) is 4.19. The number of alkyl halides is 1. The number of aldehydes is 1. The quantitative estimate of drug-likeness (QED) is 0.252. The van der Waals surface area contributed by atoms with Crippen molar-refractivity contribution in [2.45, 2.75) is 58.4 Å². The van der Waals surface area contributed by atoms with Crippen LogP contribution in [0.3, 0.4) is 0 Å². The lowest BCUT2D eigenvalue weighted by molar-refractivity contribution is -0.142. The molecule has 1 aromatic carbocycles. The topological polar surface area (TPSA) is 128 Å². The van der Waals surface area contributed by atoms with Crippen LogP contribution in [0.15, 0.2) is 36.4 Å². The van der Waals surface area contributed by atoms with Crippen molar-refractivity contribution in [2.24, 2.45) is 11.8 Å².